The summed E-state index contributed by atoms with van der Waals surface area (Å²) in [4.78, 5) is 0. The number of hydrogen-bond acceptors (Lipinski definition) is 2. The van der Waals surface area contributed by atoms with E-state index in [0.29, 0.717) is 11.1 Å². The van der Waals surface area contributed by atoms with Crippen molar-refractivity contribution in [2.24, 2.45) is 0 Å². The van der Waals surface area contributed by atoms with Crippen LogP contribution in [-0.4, -0.2) is 0 Å². The fourth-order valence-corrected chi connectivity index (χ4v) is 3.14. The molecule has 4 heteroatoms. The van der Waals surface area contributed by atoms with E-state index in [4.69, 9.17) is 0 Å². The Kier molecular flexibility index (Phi) is 3.22. The minimum Gasteiger partial charge on any atom is -0.192 e. The molecule has 0 bridgehead atoms. The molecule has 0 radical (unpaired) electrons. The van der Waals surface area contributed by atoms with E-state index in [1.807, 2.05) is 36.4 Å². The van der Waals surface area contributed by atoms with Crippen LogP contribution in [-0.2, 0) is 0 Å². The van der Waals surface area contributed by atoms with Gasteiger partial charge in [-0.15, -0.1) is 0 Å². The van der Waals surface area contributed by atoms with Gasteiger partial charge in [-0.1, -0.05) is 44.0 Å². The highest BCUT2D eigenvalue weighted by Gasteiger charge is 2.14. The second-order valence-electron chi connectivity index (χ2n) is 4.35. The van der Waals surface area contributed by atoms with Crippen LogP contribution in [0.25, 0.3) is 21.5 Å². The average molecular weight is 386 g/mol. The first kappa shape index (κ1) is 13.1. The highest BCUT2D eigenvalue weighted by molar-refractivity contribution is 9.10. The van der Waals surface area contributed by atoms with E-state index < -0.39 is 0 Å². The van der Waals surface area contributed by atoms with Crippen molar-refractivity contribution in [2.75, 3.05) is 0 Å². The maximum absolute atomic E-state index is 9.41. The van der Waals surface area contributed by atoms with Crippen LogP contribution in [0.1, 0.15) is 11.1 Å². The molecule has 20 heavy (non-hydrogen) atoms. The molecule has 0 spiro atoms. The molecule has 3 aromatic rings. The van der Waals surface area contributed by atoms with Gasteiger partial charge in [0, 0.05) is 19.7 Å². The lowest BCUT2D eigenvalue weighted by molar-refractivity contribution is 1.46. The number of nitrogens with zero attached hydrogens (tertiary/aromatic N) is 2. The fraction of sp³-hybridized carbons (Fsp3) is 0. The van der Waals surface area contributed by atoms with Gasteiger partial charge in [0.05, 0.1) is 11.1 Å². The Morgan fingerprint density at radius 2 is 1.05 bits per heavy atom. The minimum atomic E-state index is 0.435. The molecule has 0 atom stereocenters. The van der Waals surface area contributed by atoms with Gasteiger partial charge in [-0.3, -0.25) is 0 Å². The van der Waals surface area contributed by atoms with E-state index >= 15 is 0 Å². The Hall–Kier alpha value is -1.88. The van der Waals surface area contributed by atoms with Crippen molar-refractivity contribution in [1.82, 2.24) is 0 Å². The van der Waals surface area contributed by atoms with Crippen molar-refractivity contribution < 1.29 is 0 Å². The lowest BCUT2D eigenvalue weighted by Gasteiger charge is -2.09. The standard InChI is InChI=1S/C16H6Br2N2/c17-9-1-3-11-13(5-9)14-6-10(18)2-4-12(14)16(8-20)15(11)7-19/h1-6H. The van der Waals surface area contributed by atoms with Crippen LogP contribution in [0, 0.1) is 22.7 Å². The number of nitriles is 2. The van der Waals surface area contributed by atoms with Crippen molar-refractivity contribution in [3.63, 3.8) is 0 Å². The van der Waals surface area contributed by atoms with Gasteiger partial charge >= 0.3 is 0 Å². The molecule has 2 nitrogen and oxygen atoms in total. The molecule has 0 fully saturated rings. The lowest BCUT2D eigenvalue weighted by Crippen LogP contribution is -1.91. The number of hydrogen-bond donors (Lipinski definition) is 0. The van der Waals surface area contributed by atoms with Gasteiger partial charge in [-0.25, -0.2) is 0 Å². The summed E-state index contributed by atoms with van der Waals surface area (Å²) in [5.41, 5.74) is 0.870. The first-order valence-electron chi connectivity index (χ1n) is 5.80. The van der Waals surface area contributed by atoms with E-state index in [9.17, 15) is 10.5 Å². The zero-order valence-electron chi connectivity index (χ0n) is 10.1. The molecule has 3 aromatic carbocycles. The molecule has 0 unspecified atom stereocenters. The van der Waals surface area contributed by atoms with Crippen molar-refractivity contribution in [1.29, 1.82) is 10.5 Å². The van der Waals surface area contributed by atoms with Crippen LogP contribution in [0.15, 0.2) is 45.3 Å². The van der Waals surface area contributed by atoms with Gasteiger partial charge in [-0.05, 0) is 35.0 Å². The summed E-state index contributed by atoms with van der Waals surface area (Å²) in [5, 5.41) is 22.4. The summed E-state index contributed by atoms with van der Waals surface area (Å²) < 4.78 is 1.89. The lowest BCUT2D eigenvalue weighted by atomic mass is 9.93. The summed E-state index contributed by atoms with van der Waals surface area (Å²) in [6, 6.07) is 15.8. The predicted octanol–water partition coefficient (Wildman–Crippen LogP) is 5.26. The van der Waals surface area contributed by atoms with Gasteiger partial charge < -0.3 is 0 Å². The monoisotopic (exact) mass is 384 g/mol. The molecule has 0 aliphatic rings. The quantitative estimate of drug-likeness (QED) is 0.495. The molecule has 0 amide bonds. The molecular formula is C16H6Br2N2. The first-order chi connectivity index (χ1) is 9.65. The average Bonchev–Trinajstić information content (AvgIpc) is 2.45. The van der Waals surface area contributed by atoms with Crippen LogP contribution < -0.4 is 0 Å². The zero-order chi connectivity index (χ0) is 14.3. The molecule has 94 valence electrons. The third-order valence-electron chi connectivity index (χ3n) is 3.27. The van der Waals surface area contributed by atoms with Crippen LogP contribution in [0.3, 0.4) is 0 Å². The third kappa shape index (κ3) is 1.89. The van der Waals surface area contributed by atoms with Crippen LogP contribution in [0.5, 0.6) is 0 Å². The van der Waals surface area contributed by atoms with Gasteiger partial charge in [-0.2, -0.15) is 10.5 Å². The Bertz CT molecular complexity index is 868. The molecule has 0 aromatic heterocycles. The highest BCUT2D eigenvalue weighted by atomic mass is 79.9. The van der Waals surface area contributed by atoms with Gasteiger partial charge in [0.15, 0.2) is 0 Å². The Morgan fingerprint density at radius 1 is 0.650 bits per heavy atom. The van der Waals surface area contributed by atoms with Crippen molar-refractivity contribution in [2.45, 2.75) is 0 Å². The summed E-state index contributed by atoms with van der Waals surface area (Å²) in [7, 11) is 0. The first-order valence-corrected chi connectivity index (χ1v) is 7.39. The third-order valence-corrected chi connectivity index (χ3v) is 4.25. The van der Waals surface area contributed by atoms with Crippen molar-refractivity contribution in [3.8, 4) is 12.1 Å². The molecule has 0 saturated heterocycles. The summed E-state index contributed by atoms with van der Waals surface area (Å²) in [5.74, 6) is 0. The number of rotatable bonds is 0. The van der Waals surface area contributed by atoms with E-state index in [2.05, 4.69) is 44.0 Å². The number of fused-ring (bicyclic) bond motifs is 3. The number of benzene rings is 3. The molecule has 0 aliphatic carbocycles. The SMILES string of the molecule is N#Cc1c(C#N)c2ccc(Br)cc2c2cc(Br)ccc12. The summed E-state index contributed by atoms with van der Waals surface area (Å²) in [6.45, 7) is 0. The van der Waals surface area contributed by atoms with Gasteiger partial charge in [0.2, 0.25) is 0 Å². The van der Waals surface area contributed by atoms with Crippen molar-refractivity contribution in [3.05, 3.63) is 56.5 Å². The summed E-state index contributed by atoms with van der Waals surface area (Å²) in [6.07, 6.45) is 0. The molecular weight excluding hydrogens is 380 g/mol. The van der Waals surface area contributed by atoms with E-state index in [1.165, 1.54) is 0 Å². The predicted molar refractivity (Wildman–Crippen MR) is 86.3 cm³/mol. The van der Waals surface area contributed by atoms with Gasteiger partial charge in [0.1, 0.15) is 12.1 Å². The second-order valence-corrected chi connectivity index (χ2v) is 6.18. The van der Waals surface area contributed by atoms with Crippen LogP contribution in [0.4, 0.5) is 0 Å². The van der Waals surface area contributed by atoms with Gasteiger partial charge in [0.25, 0.3) is 0 Å². The maximum atomic E-state index is 9.41. The van der Waals surface area contributed by atoms with E-state index in [0.717, 1.165) is 30.5 Å². The van der Waals surface area contributed by atoms with E-state index in [1.54, 1.807) is 0 Å². The smallest absolute Gasteiger partial charge is 0.101 e. The number of halogens is 2. The summed E-state index contributed by atoms with van der Waals surface area (Å²) >= 11 is 6.92. The second kappa shape index (κ2) is 4.90. The Balaban J connectivity index is 2.70. The minimum absolute atomic E-state index is 0.435. The normalized spacial score (nSPS) is 10.4. The topological polar surface area (TPSA) is 47.6 Å². The molecule has 3 rings (SSSR count). The molecule has 0 aliphatic heterocycles. The van der Waals surface area contributed by atoms with Crippen molar-refractivity contribution >= 4 is 53.4 Å². The molecule has 0 heterocycles. The Labute approximate surface area is 132 Å². The molecule has 0 saturated carbocycles. The zero-order valence-corrected chi connectivity index (χ0v) is 13.3. The fourth-order valence-electron chi connectivity index (χ4n) is 2.42. The Morgan fingerprint density at radius 3 is 1.40 bits per heavy atom. The highest BCUT2D eigenvalue weighted by Crippen LogP contribution is 2.35. The maximum Gasteiger partial charge on any atom is 0.101 e. The van der Waals surface area contributed by atoms with Crippen LogP contribution >= 0.6 is 31.9 Å². The van der Waals surface area contributed by atoms with E-state index in [-0.39, 0.29) is 0 Å². The molecule has 0 N–H and O–H groups in total. The van der Waals surface area contributed by atoms with Crippen LogP contribution in [0.2, 0.25) is 0 Å². The largest absolute Gasteiger partial charge is 0.192 e.